The summed E-state index contributed by atoms with van der Waals surface area (Å²) in [6.07, 6.45) is -3.00. The first-order valence-electron chi connectivity index (χ1n) is 9.49. The monoisotopic (exact) mass is 391 g/mol. The van der Waals surface area contributed by atoms with Crippen molar-refractivity contribution in [2.75, 3.05) is 13.1 Å². The molecule has 1 heterocycles. The maximum Gasteiger partial charge on any atom is 0.416 e. The number of benzene rings is 2. The Balaban J connectivity index is 1.95. The summed E-state index contributed by atoms with van der Waals surface area (Å²) in [5, 5.41) is 3.12. The summed E-state index contributed by atoms with van der Waals surface area (Å²) in [6, 6.07) is 10.9. The molecule has 1 fully saturated rings. The van der Waals surface area contributed by atoms with Crippen molar-refractivity contribution in [2.24, 2.45) is 5.92 Å². The van der Waals surface area contributed by atoms with E-state index in [0.717, 1.165) is 30.7 Å². The molecule has 0 aromatic heterocycles. The lowest BCUT2D eigenvalue weighted by molar-refractivity contribution is -0.141. The average Bonchev–Trinajstić information content (AvgIpc) is 2.68. The molecule has 150 valence electrons. The summed E-state index contributed by atoms with van der Waals surface area (Å²) in [5.41, 5.74) is 1.48. The number of carbonyl (C=O) groups is 1. The van der Waals surface area contributed by atoms with E-state index in [1.165, 1.54) is 6.07 Å². The topological polar surface area (TPSA) is 38.3 Å². The largest absolute Gasteiger partial charge is 0.426 e. The highest BCUT2D eigenvalue weighted by Gasteiger charge is 2.32. The summed E-state index contributed by atoms with van der Waals surface area (Å²) in [5.74, 6) is -0.550. The number of piperidine rings is 1. The third kappa shape index (κ3) is 4.73. The van der Waals surface area contributed by atoms with E-state index < -0.39 is 17.7 Å². The van der Waals surface area contributed by atoms with Crippen molar-refractivity contribution in [3.8, 4) is 16.9 Å². The Kier molecular flexibility index (Phi) is 6.08. The van der Waals surface area contributed by atoms with Crippen LogP contribution >= 0.6 is 0 Å². The normalized spacial score (nSPS) is 17.6. The second-order valence-corrected chi connectivity index (χ2v) is 7.45. The number of rotatable bonds is 4. The highest BCUT2D eigenvalue weighted by Crippen LogP contribution is 2.38. The van der Waals surface area contributed by atoms with Crippen molar-refractivity contribution in [2.45, 2.75) is 38.8 Å². The van der Waals surface area contributed by atoms with Crippen LogP contribution in [-0.2, 0) is 11.0 Å². The predicted octanol–water partition coefficient (Wildman–Crippen LogP) is 5.40. The molecule has 0 amide bonds. The van der Waals surface area contributed by atoms with Crippen molar-refractivity contribution in [1.29, 1.82) is 0 Å². The fraction of sp³-hybridized carbons (Fsp3) is 0.409. The molecule has 3 rings (SSSR count). The van der Waals surface area contributed by atoms with Crippen molar-refractivity contribution in [3.05, 3.63) is 53.6 Å². The highest BCUT2D eigenvalue weighted by molar-refractivity contribution is 5.80. The molecular weight excluding hydrogens is 367 g/mol. The van der Waals surface area contributed by atoms with Crippen molar-refractivity contribution in [1.82, 2.24) is 5.32 Å². The molecule has 0 radical (unpaired) electrons. The average molecular weight is 391 g/mol. The lowest BCUT2D eigenvalue weighted by Gasteiger charge is -2.22. The van der Waals surface area contributed by atoms with Gasteiger partial charge in [0.15, 0.2) is 0 Å². The molecule has 6 heteroatoms. The third-order valence-corrected chi connectivity index (χ3v) is 5.04. The minimum atomic E-state index is -4.51. The van der Waals surface area contributed by atoms with Crippen LogP contribution in [0.4, 0.5) is 13.2 Å². The number of hydrogen-bond acceptors (Lipinski definition) is 3. The SMILES string of the molecule is CC(C)c1ccc(-c2ccc(C(F)(F)F)cc2OC(=O)C2CCCNC2)cc1. The van der Waals surface area contributed by atoms with Gasteiger partial charge in [0.25, 0.3) is 0 Å². The molecule has 0 aliphatic carbocycles. The molecule has 0 bridgehead atoms. The first kappa shape index (κ1) is 20.4. The van der Waals surface area contributed by atoms with Crippen LogP contribution in [0.25, 0.3) is 11.1 Å². The lowest BCUT2D eigenvalue weighted by atomic mass is 9.97. The van der Waals surface area contributed by atoms with Gasteiger partial charge >= 0.3 is 12.1 Å². The number of ether oxygens (including phenoxy) is 1. The van der Waals surface area contributed by atoms with E-state index in [1.54, 1.807) is 0 Å². The number of hydrogen-bond donors (Lipinski definition) is 1. The zero-order chi connectivity index (χ0) is 20.3. The van der Waals surface area contributed by atoms with Gasteiger partial charge in [0.2, 0.25) is 0 Å². The molecule has 1 aliphatic rings. The maximum absolute atomic E-state index is 13.2. The molecule has 2 aromatic rings. The minimum Gasteiger partial charge on any atom is -0.426 e. The number of nitrogens with one attached hydrogen (secondary N) is 1. The molecule has 0 saturated carbocycles. The van der Waals surface area contributed by atoms with E-state index >= 15 is 0 Å². The van der Waals surface area contributed by atoms with Crippen molar-refractivity contribution < 1.29 is 22.7 Å². The van der Waals surface area contributed by atoms with E-state index in [-0.39, 0.29) is 11.7 Å². The first-order valence-corrected chi connectivity index (χ1v) is 9.49. The maximum atomic E-state index is 13.2. The number of halogens is 3. The van der Waals surface area contributed by atoms with Crippen LogP contribution in [-0.4, -0.2) is 19.1 Å². The highest BCUT2D eigenvalue weighted by atomic mass is 19.4. The molecule has 1 saturated heterocycles. The van der Waals surface area contributed by atoms with Gasteiger partial charge in [0.05, 0.1) is 11.5 Å². The number of alkyl halides is 3. The van der Waals surface area contributed by atoms with Crippen LogP contribution in [0, 0.1) is 5.92 Å². The Bertz CT molecular complexity index is 823. The van der Waals surface area contributed by atoms with Gasteiger partial charge in [0.1, 0.15) is 5.75 Å². The van der Waals surface area contributed by atoms with Gasteiger partial charge in [0, 0.05) is 12.1 Å². The molecule has 0 spiro atoms. The van der Waals surface area contributed by atoms with Crippen LogP contribution in [0.15, 0.2) is 42.5 Å². The molecule has 1 aliphatic heterocycles. The van der Waals surface area contributed by atoms with Gasteiger partial charge < -0.3 is 10.1 Å². The summed E-state index contributed by atoms with van der Waals surface area (Å²) in [4.78, 5) is 12.5. The Morgan fingerprint density at radius 1 is 1.14 bits per heavy atom. The lowest BCUT2D eigenvalue weighted by Crippen LogP contribution is -2.36. The fourth-order valence-electron chi connectivity index (χ4n) is 3.31. The number of carbonyl (C=O) groups excluding carboxylic acids is 1. The Labute approximate surface area is 162 Å². The smallest absolute Gasteiger partial charge is 0.416 e. The summed E-state index contributed by atoms with van der Waals surface area (Å²) in [6.45, 7) is 5.45. The third-order valence-electron chi connectivity index (χ3n) is 5.04. The van der Waals surface area contributed by atoms with Crippen LogP contribution in [0.5, 0.6) is 5.75 Å². The zero-order valence-electron chi connectivity index (χ0n) is 16.0. The molecule has 2 aromatic carbocycles. The van der Waals surface area contributed by atoms with E-state index in [2.05, 4.69) is 19.2 Å². The van der Waals surface area contributed by atoms with E-state index in [4.69, 9.17) is 4.74 Å². The molecule has 1 unspecified atom stereocenters. The predicted molar refractivity (Wildman–Crippen MR) is 102 cm³/mol. The second-order valence-electron chi connectivity index (χ2n) is 7.45. The van der Waals surface area contributed by atoms with E-state index in [0.29, 0.717) is 30.0 Å². The van der Waals surface area contributed by atoms with Crippen molar-refractivity contribution in [3.63, 3.8) is 0 Å². The molecule has 3 nitrogen and oxygen atoms in total. The molecule has 1 atom stereocenters. The molecule has 28 heavy (non-hydrogen) atoms. The second kappa shape index (κ2) is 8.35. The first-order chi connectivity index (χ1) is 13.3. The van der Waals surface area contributed by atoms with Gasteiger partial charge in [-0.15, -0.1) is 0 Å². The van der Waals surface area contributed by atoms with Crippen molar-refractivity contribution >= 4 is 5.97 Å². The van der Waals surface area contributed by atoms with Crippen LogP contribution in [0.3, 0.4) is 0 Å². The van der Waals surface area contributed by atoms with Gasteiger partial charge in [-0.1, -0.05) is 44.2 Å². The zero-order valence-corrected chi connectivity index (χ0v) is 16.0. The molecular formula is C22H24F3NO2. The number of esters is 1. The van der Waals surface area contributed by atoms with E-state index in [1.807, 2.05) is 24.3 Å². The summed E-state index contributed by atoms with van der Waals surface area (Å²) in [7, 11) is 0. The summed E-state index contributed by atoms with van der Waals surface area (Å²) >= 11 is 0. The van der Waals surface area contributed by atoms with E-state index in [9.17, 15) is 18.0 Å². The van der Waals surface area contributed by atoms with Gasteiger partial charge in [-0.25, -0.2) is 0 Å². The van der Waals surface area contributed by atoms with Gasteiger partial charge in [-0.2, -0.15) is 13.2 Å². The Morgan fingerprint density at radius 3 is 2.43 bits per heavy atom. The van der Waals surface area contributed by atoms with Crippen LogP contribution < -0.4 is 10.1 Å². The Morgan fingerprint density at radius 2 is 1.86 bits per heavy atom. The fourth-order valence-corrected chi connectivity index (χ4v) is 3.31. The van der Waals surface area contributed by atoms with Gasteiger partial charge in [-0.3, -0.25) is 4.79 Å². The van der Waals surface area contributed by atoms with Crippen LogP contribution in [0.2, 0.25) is 0 Å². The quantitative estimate of drug-likeness (QED) is 0.560. The standard InChI is InChI=1S/C22H24F3NO2/c1-14(2)15-5-7-16(8-6-15)19-10-9-18(22(23,24)25)12-20(19)28-21(27)17-4-3-11-26-13-17/h5-10,12,14,17,26H,3-4,11,13H2,1-2H3. The summed E-state index contributed by atoms with van der Waals surface area (Å²) < 4.78 is 45.0. The van der Waals surface area contributed by atoms with Gasteiger partial charge in [-0.05, 0) is 48.6 Å². The Hall–Kier alpha value is -2.34. The van der Waals surface area contributed by atoms with Crippen LogP contribution in [0.1, 0.15) is 43.7 Å². The minimum absolute atomic E-state index is 0.0531. The molecule has 1 N–H and O–H groups in total.